The third-order valence-corrected chi connectivity index (χ3v) is 5.58. The second-order valence-corrected chi connectivity index (χ2v) is 7.84. The summed E-state index contributed by atoms with van der Waals surface area (Å²) in [5.74, 6) is -0.255. The van der Waals surface area contributed by atoms with E-state index in [1.165, 1.54) is 11.3 Å². The Morgan fingerprint density at radius 1 is 0.800 bits per heavy atom. The normalized spacial score (nSPS) is 11.6. The van der Waals surface area contributed by atoms with E-state index in [2.05, 4.69) is 16.0 Å². The van der Waals surface area contributed by atoms with Gasteiger partial charge in [-0.3, -0.25) is 9.59 Å². The van der Waals surface area contributed by atoms with Crippen LogP contribution in [0.5, 0.6) is 0 Å². The number of carbonyl (C=O) groups is 2. The molecule has 1 heterocycles. The molecule has 2 amide bonds. The number of hydrogen-bond donors (Lipinski definition) is 3. The third-order valence-electron chi connectivity index (χ3n) is 4.71. The Balaban J connectivity index is 1.37. The minimum absolute atomic E-state index is 0.124. The van der Waals surface area contributed by atoms with Crippen LogP contribution in [0.3, 0.4) is 0 Å². The molecule has 1 atom stereocenters. The summed E-state index contributed by atoms with van der Waals surface area (Å²) in [5, 5.41) is 13.0. The molecule has 0 aliphatic rings. The predicted molar refractivity (Wildman–Crippen MR) is 124 cm³/mol. The Morgan fingerprint density at radius 2 is 1.53 bits per heavy atom. The van der Waals surface area contributed by atoms with Gasteiger partial charge >= 0.3 is 0 Å². The Hall–Kier alpha value is -3.64. The van der Waals surface area contributed by atoms with Crippen LogP contribution in [-0.2, 0) is 4.79 Å². The van der Waals surface area contributed by atoms with Crippen molar-refractivity contribution in [2.75, 3.05) is 16.0 Å². The summed E-state index contributed by atoms with van der Waals surface area (Å²) in [6.07, 6.45) is 0. The van der Waals surface area contributed by atoms with Gasteiger partial charge in [0.1, 0.15) is 6.04 Å². The van der Waals surface area contributed by atoms with Gasteiger partial charge in [-0.2, -0.15) is 0 Å². The van der Waals surface area contributed by atoms with Gasteiger partial charge < -0.3 is 16.0 Å². The lowest BCUT2D eigenvalue weighted by molar-refractivity contribution is -0.116. The first-order valence-corrected chi connectivity index (χ1v) is 10.5. The number of nitrogens with one attached hydrogen (secondary N) is 3. The van der Waals surface area contributed by atoms with Crippen molar-refractivity contribution in [3.63, 3.8) is 0 Å². The number of thiophene rings is 1. The van der Waals surface area contributed by atoms with Gasteiger partial charge in [0.2, 0.25) is 5.91 Å². The highest BCUT2D eigenvalue weighted by molar-refractivity contribution is 7.12. The maximum atomic E-state index is 12.7. The zero-order valence-corrected chi connectivity index (χ0v) is 17.2. The lowest BCUT2D eigenvalue weighted by Crippen LogP contribution is -2.31. The fourth-order valence-corrected chi connectivity index (χ4v) is 3.76. The van der Waals surface area contributed by atoms with E-state index in [4.69, 9.17) is 0 Å². The number of fused-ring (bicyclic) bond motifs is 1. The molecule has 3 aromatic carbocycles. The van der Waals surface area contributed by atoms with Crippen molar-refractivity contribution in [1.82, 2.24) is 0 Å². The molecule has 6 heteroatoms. The van der Waals surface area contributed by atoms with E-state index in [0.29, 0.717) is 10.6 Å². The van der Waals surface area contributed by atoms with E-state index in [0.717, 1.165) is 22.1 Å². The van der Waals surface area contributed by atoms with Gasteiger partial charge in [-0.15, -0.1) is 11.3 Å². The molecule has 0 radical (unpaired) electrons. The molecule has 4 rings (SSSR count). The standard InChI is InChI=1S/C24H21N3O2S/c1-16(23(28)27-21-9-4-7-17-6-2-3-8-20(17)21)25-18-11-13-19(14-12-18)26-24(29)22-10-5-15-30-22/h2-16,25H,1H3,(H,26,29)(H,27,28). The van der Waals surface area contributed by atoms with Crippen LogP contribution in [0.4, 0.5) is 17.1 Å². The fraction of sp³-hybridized carbons (Fsp3) is 0.0833. The summed E-state index contributed by atoms with van der Waals surface area (Å²) in [4.78, 5) is 25.5. The molecule has 3 N–H and O–H groups in total. The van der Waals surface area contributed by atoms with E-state index in [9.17, 15) is 9.59 Å². The molecule has 0 saturated heterocycles. The Bertz CT molecular complexity index is 1170. The first kappa shape index (κ1) is 19.7. The minimum Gasteiger partial charge on any atom is -0.374 e. The maximum Gasteiger partial charge on any atom is 0.265 e. The Labute approximate surface area is 178 Å². The first-order valence-electron chi connectivity index (χ1n) is 9.60. The summed E-state index contributed by atoms with van der Waals surface area (Å²) < 4.78 is 0. The van der Waals surface area contributed by atoms with Crippen LogP contribution < -0.4 is 16.0 Å². The largest absolute Gasteiger partial charge is 0.374 e. The molecule has 5 nitrogen and oxygen atoms in total. The third kappa shape index (κ3) is 4.50. The van der Waals surface area contributed by atoms with Gasteiger partial charge in [-0.05, 0) is 54.1 Å². The number of anilines is 3. The highest BCUT2D eigenvalue weighted by atomic mass is 32.1. The molecule has 4 aromatic rings. The fourth-order valence-electron chi connectivity index (χ4n) is 3.14. The Morgan fingerprint density at radius 3 is 2.30 bits per heavy atom. The molecule has 150 valence electrons. The Kier molecular flexibility index (Phi) is 5.77. The quantitative estimate of drug-likeness (QED) is 0.384. The van der Waals surface area contributed by atoms with Crippen LogP contribution in [0.25, 0.3) is 10.8 Å². The van der Waals surface area contributed by atoms with Crippen molar-refractivity contribution in [2.24, 2.45) is 0 Å². The molecular formula is C24H21N3O2S. The van der Waals surface area contributed by atoms with Crippen LogP contribution in [0.2, 0.25) is 0 Å². The summed E-state index contributed by atoms with van der Waals surface area (Å²) in [5.41, 5.74) is 2.29. The SMILES string of the molecule is CC(Nc1ccc(NC(=O)c2cccs2)cc1)C(=O)Nc1cccc2ccccc12. The number of amides is 2. The van der Waals surface area contributed by atoms with E-state index in [1.807, 2.05) is 85.1 Å². The van der Waals surface area contributed by atoms with Gasteiger partial charge in [0.05, 0.1) is 4.88 Å². The van der Waals surface area contributed by atoms with Gasteiger partial charge in [0, 0.05) is 22.4 Å². The summed E-state index contributed by atoms with van der Waals surface area (Å²) in [6, 6.07) is 24.3. The molecule has 0 spiro atoms. The van der Waals surface area contributed by atoms with Crippen LogP contribution in [0, 0.1) is 0 Å². The number of rotatable bonds is 6. The first-order chi connectivity index (χ1) is 14.6. The highest BCUT2D eigenvalue weighted by Crippen LogP contribution is 2.23. The van der Waals surface area contributed by atoms with Crippen LogP contribution in [0.15, 0.2) is 84.2 Å². The monoisotopic (exact) mass is 415 g/mol. The second kappa shape index (κ2) is 8.80. The van der Waals surface area contributed by atoms with Crippen molar-refractivity contribution in [2.45, 2.75) is 13.0 Å². The molecule has 0 aliphatic carbocycles. The average Bonchev–Trinajstić information content (AvgIpc) is 3.30. The van der Waals surface area contributed by atoms with Crippen molar-refractivity contribution in [3.8, 4) is 0 Å². The number of benzene rings is 3. The highest BCUT2D eigenvalue weighted by Gasteiger charge is 2.14. The summed E-state index contributed by atoms with van der Waals surface area (Å²) in [6.45, 7) is 1.81. The molecule has 1 aromatic heterocycles. The molecule has 0 fully saturated rings. The van der Waals surface area contributed by atoms with E-state index in [-0.39, 0.29) is 11.8 Å². The molecule has 1 unspecified atom stereocenters. The predicted octanol–water partition coefficient (Wildman–Crippen LogP) is 5.59. The molecular weight excluding hydrogens is 394 g/mol. The lowest BCUT2D eigenvalue weighted by Gasteiger charge is -2.16. The molecule has 0 saturated carbocycles. The number of hydrogen-bond acceptors (Lipinski definition) is 4. The molecule has 0 bridgehead atoms. The molecule has 0 aliphatic heterocycles. The average molecular weight is 416 g/mol. The van der Waals surface area contributed by atoms with Crippen molar-refractivity contribution in [3.05, 3.63) is 89.1 Å². The minimum atomic E-state index is -0.435. The second-order valence-electron chi connectivity index (χ2n) is 6.89. The van der Waals surface area contributed by atoms with E-state index < -0.39 is 6.04 Å². The van der Waals surface area contributed by atoms with Crippen LogP contribution in [0.1, 0.15) is 16.6 Å². The lowest BCUT2D eigenvalue weighted by atomic mass is 10.1. The van der Waals surface area contributed by atoms with E-state index in [1.54, 1.807) is 6.07 Å². The van der Waals surface area contributed by atoms with Crippen molar-refractivity contribution >= 4 is 51.0 Å². The van der Waals surface area contributed by atoms with Crippen LogP contribution >= 0.6 is 11.3 Å². The topological polar surface area (TPSA) is 70.2 Å². The molecule has 30 heavy (non-hydrogen) atoms. The summed E-state index contributed by atoms with van der Waals surface area (Å²) >= 11 is 1.40. The summed E-state index contributed by atoms with van der Waals surface area (Å²) in [7, 11) is 0. The zero-order valence-electron chi connectivity index (χ0n) is 16.4. The van der Waals surface area contributed by atoms with Gasteiger partial charge in [-0.1, -0.05) is 42.5 Å². The number of carbonyl (C=O) groups excluding carboxylic acids is 2. The maximum absolute atomic E-state index is 12.7. The van der Waals surface area contributed by atoms with Crippen LogP contribution in [-0.4, -0.2) is 17.9 Å². The van der Waals surface area contributed by atoms with E-state index >= 15 is 0 Å². The van der Waals surface area contributed by atoms with Gasteiger partial charge in [0.15, 0.2) is 0 Å². The van der Waals surface area contributed by atoms with Crippen molar-refractivity contribution in [1.29, 1.82) is 0 Å². The van der Waals surface area contributed by atoms with Gasteiger partial charge in [0.25, 0.3) is 5.91 Å². The van der Waals surface area contributed by atoms with Gasteiger partial charge in [-0.25, -0.2) is 0 Å². The van der Waals surface area contributed by atoms with Crippen molar-refractivity contribution < 1.29 is 9.59 Å². The smallest absolute Gasteiger partial charge is 0.265 e. The zero-order chi connectivity index (χ0) is 20.9.